The molecule has 3 aliphatic rings. The van der Waals surface area contributed by atoms with E-state index in [0.717, 1.165) is 57.8 Å². The summed E-state index contributed by atoms with van der Waals surface area (Å²) in [6.45, 7) is 1.83. The minimum Gasteiger partial charge on any atom is -0.394 e. The Bertz CT molecular complexity index is 1900. The Morgan fingerprint density at radius 1 is 0.371 bits per heavy atom. The van der Waals surface area contributed by atoms with E-state index in [9.17, 15) is 61.0 Å². The van der Waals surface area contributed by atoms with Crippen LogP contribution in [0.25, 0.3) is 0 Å². The van der Waals surface area contributed by atoms with Crippen molar-refractivity contribution in [3.05, 3.63) is 36.5 Å². The van der Waals surface area contributed by atoms with Gasteiger partial charge in [-0.25, -0.2) is 0 Å². The lowest BCUT2D eigenvalue weighted by Crippen LogP contribution is -2.66. The monoisotopic (exact) mass is 1380 g/mol. The molecule has 17 unspecified atom stereocenters. The quantitative estimate of drug-likeness (QED) is 0.0199. The number of carbonyl (C=O) groups is 1. The van der Waals surface area contributed by atoms with Crippen LogP contribution < -0.4 is 5.32 Å². The van der Waals surface area contributed by atoms with Crippen molar-refractivity contribution < 1.29 is 89.4 Å². The highest BCUT2D eigenvalue weighted by Crippen LogP contribution is 2.33. The van der Waals surface area contributed by atoms with E-state index >= 15 is 0 Å². The van der Waals surface area contributed by atoms with Crippen LogP contribution in [0.5, 0.6) is 0 Å². The highest BCUT2D eigenvalue weighted by molar-refractivity contribution is 5.76. The number of hydrogen-bond acceptors (Lipinski definition) is 18. The van der Waals surface area contributed by atoms with Crippen LogP contribution in [-0.4, -0.2) is 193 Å². The Balaban J connectivity index is 1.35. The Morgan fingerprint density at radius 2 is 0.680 bits per heavy atom. The first-order valence-corrected chi connectivity index (χ1v) is 39.7. The second-order valence-corrected chi connectivity index (χ2v) is 28.5. The highest BCUT2D eigenvalue weighted by atomic mass is 16.8. The van der Waals surface area contributed by atoms with E-state index in [4.69, 9.17) is 28.4 Å². The van der Waals surface area contributed by atoms with Gasteiger partial charge in [0.15, 0.2) is 18.9 Å². The van der Waals surface area contributed by atoms with Gasteiger partial charge in [0.05, 0.1) is 38.6 Å². The summed E-state index contributed by atoms with van der Waals surface area (Å²) in [6.07, 6.45) is 45.2. The maximum atomic E-state index is 13.5. The van der Waals surface area contributed by atoms with E-state index in [-0.39, 0.29) is 18.9 Å². The fraction of sp³-hybridized carbons (Fsp3) is 0.910. The van der Waals surface area contributed by atoms with Gasteiger partial charge in [0, 0.05) is 6.42 Å². The Morgan fingerprint density at radius 3 is 1.06 bits per heavy atom. The molecular weight excluding hydrogens is 1240 g/mol. The molecule has 1 amide bonds. The van der Waals surface area contributed by atoms with Crippen LogP contribution >= 0.6 is 0 Å². The number of rotatable bonds is 63. The Kier molecular flexibility index (Phi) is 54.6. The number of ether oxygens (including phenoxy) is 6. The molecule has 97 heavy (non-hydrogen) atoms. The molecule has 0 aliphatic carbocycles. The fourth-order valence-corrected chi connectivity index (χ4v) is 13.6. The predicted molar refractivity (Wildman–Crippen MR) is 383 cm³/mol. The molecule has 0 bridgehead atoms. The van der Waals surface area contributed by atoms with Crippen molar-refractivity contribution in [3.8, 4) is 0 Å². The number of aliphatic hydroxyl groups excluding tert-OH is 11. The molecule has 3 fully saturated rings. The summed E-state index contributed by atoms with van der Waals surface area (Å²) in [5.41, 5.74) is 0. The summed E-state index contributed by atoms with van der Waals surface area (Å²) >= 11 is 0. The maximum Gasteiger partial charge on any atom is 0.220 e. The summed E-state index contributed by atoms with van der Waals surface area (Å²) < 4.78 is 34.5. The van der Waals surface area contributed by atoms with Gasteiger partial charge < -0.3 is 89.9 Å². The van der Waals surface area contributed by atoms with Gasteiger partial charge in [-0.3, -0.25) is 4.79 Å². The van der Waals surface area contributed by atoms with Crippen molar-refractivity contribution in [3.63, 3.8) is 0 Å². The number of aliphatic hydroxyl groups is 11. The average Bonchev–Trinajstić information content (AvgIpc) is 0.845. The highest BCUT2D eigenvalue weighted by Gasteiger charge is 2.54. The first kappa shape index (κ1) is 89.2. The topological polar surface area (TPSA) is 307 Å². The maximum absolute atomic E-state index is 13.5. The molecule has 0 aromatic rings. The van der Waals surface area contributed by atoms with E-state index in [1.807, 2.05) is 0 Å². The molecular formula is C78H145NO18. The first-order chi connectivity index (χ1) is 47.3. The van der Waals surface area contributed by atoms with E-state index in [1.54, 1.807) is 0 Å². The summed E-state index contributed by atoms with van der Waals surface area (Å²) in [7, 11) is 0. The van der Waals surface area contributed by atoms with Crippen LogP contribution in [0.1, 0.15) is 322 Å². The molecule has 0 aromatic heterocycles. The van der Waals surface area contributed by atoms with Crippen molar-refractivity contribution in [2.45, 2.75) is 426 Å². The largest absolute Gasteiger partial charge is 0.394 e. The van der Waals surface area contributed by atoms with Gasteiger partial charge in [-0.05, 0) is 51.4 Å². The minimum absolute atomic E-state index is 0.237. The third kappa shape index (κ3) is 40.0. The molecule has 0 radical (unpaired) electrons. The molecule has 19 nitrogen and oxygen atoms in total. The molecule has 17 atom stereocenters. The molecule has 0 saturated carbocycles. The van der Waals surface area contributed by atoms with Crippen LogP contribution in [0.4, 0.5) is 0 Å². The molecule has 0 spiro atoms. The second kappa shape index (κ2) is 59.4. The van der Waals surface area contributed by atoms with Crippen LogP contribution in [0.15, 0.2) is 36.5 Å². The summed E-state index contributed by atoms with van der Waals surface area (Å²) in [4.78, 5) is 13.5. The van der Waals surface area contributed by atoms with E-state index in [1.165, 1.54) is 231 Å². The molecule has 3 saturated heterocycles. The van der Waals surface area contributed by atoms with E-state index in [0.29, 0.717) is 12.8 Å². The number of hydrogen-bond donors (Lipinski definition) is 12. The Hall–Kier alpha value is -1.99. The van der Waals surface area contributed by atoms with Gasteiger partial charge in [0.1, 0.15) is 73.2 Å². The van der Waals surface area contributed by atoms with Crippen molar-refractivity contribution >= 4 is 5.91 Å². The molecule has 570 valence electrons. The standard InChI is InChI=1S/C78H145NO18/c1-3-5-7-9-11-13-15-17-19-21-23-24-25-26-27-28-29-30-31-32-33-34-35-36-38-40-42-44-46-48-50-52-54-56-66(84)79-61(62(83)55-53-51-49-47-45-43-41-39-37-22-20-18-16-14-12-10-8-6-4-2)60-92-76-72(90)69(87)74(64(58-81)94-76)97-78-73(91)70(88)75(65(59-82)95-78)96-77-71(89)68(86)67(85)63(57-80)93-77/h15,17,21,23,25-26,61-65,67-78,80-83,85-91H,3-14,16,18-20,22,24,27-60H2,1-2H3,(H,79,84)/b17-15-,23-21-,26-25-. The number of amides is 1. The van der Waals surface area contributed by atoms with E-state index in [2.05, 4.69) is 55.6 Å². The van der Waals surface area contributed by atoms with Crippen molar-refractivity contribution in [1.29, 1.82) is 0 Å². The molecule has 3 aliphatic heterocycles. The van der Waals surface area contributed by atoms with Gasteiger partial charge in [-0.1, -0.05) is 301 Å². The number of nitrogens with one attached hydrogen (secondary N) is 1. The van der Waals surface area contributed by atoms with Gasteiger partial charge >= 0.3 is 0 Å². The lowest BCUT2D eigenvalue weighted by Gasteiger charge is -2.48. The number of unbranched alkanes of at least 4 members (excludes halogenated alkanes) is 41. The van der Waals surface area contributed by atoms with Gasteiger partial charge in [0.25, 0.3) is 0 Å². The van der Waals surface area contributed by atoms with Crippen molar-refractivity contribution in [1.82, 2.24) is 5.32 Å². The first-order valence-electron chi connectivity index (χ1n) is 39.7. The number of allylic oxidation sites excluding steroid dienone is 6. The smallest absolute Gasteiger partial charge is 0.220 e. The summed E-state index contributed by atoms with van der Waals surface area (Å²) in [6, 6.07) is -0.887. The van der Waals surface area contributed by atoms with Crippen LogP contribution in [0, 0.1) is 0 Å². The van der Waals surface area contributed by atoms with Gasteiger partial charge in [0.2, 0.25) is 5.91 Å². The lowest BCUT2D eigenvalue weighted by molar-refractivity contribution is -0.379. The summed E-state index contributed by atoms with van der Waals surface area (Å²) in [5, 5.41) is 121. The number of carbonyl (C=O) groups excluding carboxylic acids is 1. The Labute approximate surface area is 587 Å². The fourth-order valence-electron chi connectivity index (χ4n) is 13.6. The third-order valence-electron chi connectivity index (χ3n) is 20.0. The van der Waals surface area contributed by atoms with Crippen LogP contribution in [0.3, 0.4) is 0 Å². The zero-order valence-electron chi connectivity index (χ0n) is 60.8. The average molecular weight is 1390 g/mol. The van der Waals surface area contributed by atoms with Crippen molar-refractivity contribution in [2.75, 3.05) is 26.4 Å². The second-order valence-electron chi connectivity index (χ2n) is 28.5. The third-order valence-corrected chi connectivity index (χ3v) is 20.0. The molecule has 3 rings (SSSR count). The van der Waals surface area contributed by atoms with E-state index < -0.39 is 124 Å². The molecule has 3 heterocycles. The predicted octanol–water partition coefficient (Wildman–Crippen LogP) is 12.7. The van der Waals surface area contributed by atoms with Gasteiger partial charge in [-0.2, -0.15) is 0 Å². The zero-order valence-corrected chi connectivity index (χ0v) is 60.8. The SMILES string of the molecule is CCCCCCC/C=C\C/C=C\C/C=C\CCCCCCCCCCCCCCCCCCCCC(=O)NC(COC1OC(CO)C(OC2OC(CO)C(OC3OC(CO)C(O)C(O)C3O)C(O)C2O)C(O)C1O)C(O)CCCCCCCCCCCCCCCCCCCCC. The normalized spacial score (nSPS) is 27.0. The zero-order chi connectivity index (χ0) is 70.4. The minimum atomic E-state index is -1.97. The van der Waals surface area contributed by atoms with Crippen LogP contribution in [0.2, 0.25) is 0 Å². The van der Waals surface area contributed by atoms with Crippen LogP contribution in [-0.2, 0) is 33.2 Å². The molecule has 0 aromatic carbocycles. The summed E-state index contributed by atoms with van der Waals surface area (Å²) in [5.74, 6) is -0.237. The van der Waals surface area contributed by atoms with Crippen molar-refractivity contribution in [2.24, 2.45) is 0 Å². The molecule has 19 heteroatoms. The lowest BCUT2D eigenvalue weighted by atomic mass is 9.96. The molecule has 12 N–H and O–H groups in total. The van der Waals surface area contributed by atoms with Gasteiger partial charge in [-0.15, -0.1) is 0 Å².